The molecule has 1 aliphatic rings. The molecule has 3 nitrogen and oxygen atoms in total. The monoisotopic (exact) mass is 211 g/mol. The highest BCUT2D eigenvalue weighted by molar-refractivity contribution is 6.21. The molecular weight excluding hydrogens is 198 g/mol. The first-order valence-electron chi connectivity index (χ1n) is 4.93. The second-order valence-corrected chi connectivity index (χ2v) is 4.41. The number of hydrogen-bond acceptors (Lipinski definition) is 3. The number of hydrogen-bond donors (Lipinski definition) is 1. The Morgan fingerprint density at radius 1 is 1.64 bits per heavy atom. The van der Waals surface area contributed by atoms with E-state index in [1.807, 2.05) is 13.0 Å². The van der Waals surface area contributed by atoms with Gasteiger partial charge in [0.05, 0.1) is 11.6 Å². The third-order valence-corrected chi connectivity index (χ3v) is 2.91. The summed E-state index contributed by atoms with van der Waals surface area (Å²) in [6.45, 7) is 2.78. The summed E-state index contributed by atoms with van der Waals surface area (Å²) in [5, 5.41) is 11.3. The van der Waals surface area contributed by atoms with Crippen LogP contribution in [0.25, 0.3) is 0 Å². The van der Waals surface area contributed by atoms with Crippen molar-refractivity contribution in [1.82, 2.24) is 10.2 Å². The lowest BCUT2D eigenvalue weighted by atomic mass is 10.3. The molecule has 0 aliphatic heterocycles. The van der Waals surface area contributed by atoms with Gasteiger partial charge in [-0.1, -0.05) is 0 Å². The number of nitrogens with one attached hydrogen (secondary N) is 1. The second-order valence-electron chi connectivity index (χ2n) is 3.85. The molecule has 0 spiro atoms. The largest absolute Gasteiger partial charge is 0.367 e. The molecule has 1 aliphatic carbocycles. The van der Waals surface area contributed by atoms with Gasteiger partial charge in [-0.25, -0.2) is 0 Å². The van der Waals surface area contributed by atoms with Gasteiger partial charge in [0.15, 0.2) is 0 Å². The molecule has 1 aromatic rings. The lowest BCUT2D eigenvalue weighted by Crippen LogP contribution is -2.16. The van der Waals surface area contributed by atoms with Crippen molar-refractivity contribution < 1.29 is 0 Å². The average molecular weight is 212 g/mol. The summed E-state index contributed by atoms with van der Waals surface area (Å²) in [4.78, 5) is 0. The quantitative estimate of drug-likeness (QED) is 0.777. The predicted octanol–water partition coefficient (Wildman–Crippen LogP) is 2.21. The first-order chi connectivity index (χ1) is 6.75. The topological polar surface area (TPSA) is 37.8 Å². The average Bonchev–Trinajstić information content (AvgIpc) is 2.97. The van der Waals surface area contributed by atoms with E-state index >= 15 is 0 Å². The lowest BCUT2D eigenvalue weighted by molar-refractivity contribution is 0.766. The van der Waals surface area contributed by atoms with E-state index in [9.17, 15) is 0 Å². The van der Waals surface area contributed by atoms with Crippen molar-refractivity contribution in [3.05, 3.63) is 17.8 Å². The van der Waals surface area contributed by atoms with E-state index in [0.717, 1.165) is 17.9 Å². The molecule has 14 heavy (non-hydrogen) atoms. The van der Waals surface area contributed by atoms with Crippen molar-refractivity contribution >= 4 is 17.4 Å². The van der Waals surface area contributed by atoms with Gasteiger partial charge < -0.3 is 5.32 Å². The molecule has 1 N–H and O–H groups in total. The van der Waals surface area contributed by atoms with Crippen LogP contribution in [0.3, 0.4) is 0 Å². The number of halogens is 1. The Kier molecular flexibility index (Phi) is 2.87. The summed E-state index contributed by atoms with van der Waals surface area (Å²) in [6, 6.07) is 1.98. The first kappa shape index (κ1) is 9.71. The fourth-order valence-electron chi connectivity index (χ4n) is 1.38. The van der Waals surface area contributed by atoms with Crippen LogP contribution in [0.15, 0.2) is 12.3 Å². The maximum Gasteiger partial charge on any atom is 0.148 e. The van der Waals surface area contributed by atoms with Gasteiger partial charge in [-0.15, -0.1) is 16.7 Å². The first-order valence-corrected chi connectivity index (χ1v) is 5.36. The van der Waals surface area contributed by atoms with Gasteiger partial charge in [-0.3, -0.25) is 0 Å². The van der Waals surface area contributed by atoms with Crippen LogP contribution in [-0.4, -0.2) is 22.1 Å². The zero-order chi connectivity index (χ0) is 9.97. The van der Waals surface area contributed by atoms with E-state index in [2.05, 4.69) is 15.5 Å². The summed E-state index contributed by atoms with van der Waals surface area (Å²) in [7, 11) is 0. The molecule has 1 unspecified atom stereocenters. The highest BCUT2D eigenvalue weighted by Gasteiger charge is 2.29. The molecule has 1 atom stereocenters. The predicted molar refractivity (Wildman–Crippen MR) is 57.6 cm³/mol. The summed E-state index contributed by atoms with van der Waals surface area (Å²) in [5.74, 6) is 1.53. The molecule has 1 heterocycles. The van der Waals surface area contributed by atoms with Gasteiger partial charge >= 0.3 is 0 Å². The van der Waals surface area contributed by atoms with Crippen molar-refractivity contribution in [3.8, 4) is 0 Å². The Balaban J connectivity index is 1.84. The number of aryl methyl sites for hydroxylation is 1. The fraction of sp³-hybridized carbons (Fsp3) is 0.600. The van der Waals surface area contributed by atoms with Crippen molar-refractivity contribution in [2.75, 3.05) is 11.9 Å². The molecule has 1 aromatic heterocycles. The van der Waals surface area contributed by atoms with Crippen LogP contribution in [0.5, 0.6) is 0 Å². The Labute approximate surface area is 88.9 Å². The fourth-order valence-corrected chi connectivity index (χ4v) is 1.71. The number of alkyl halides is 1. The number of anilines is 1. The minimum atomic E-state index is 0.234. The van der Waals surface area contributed by atoms with Crippen LogP contribution in [0.2, 0.25) is 0 Å². The molecule has 1 saturated carbocycles. The standard InChI is InChI=1S/C10H14ClN3/c1-7-4-10(14-13-5-7)12-6-9(11)8-2-3-8/h4-5,8-9H,2-3,6H2,1H3,(H,12,14). The van der Waals surface area contributed by atoms with Crippen molar-refractivity contribution in [1.29, 1.82) is 0 Å². The third-order valence-electron chi connectivity index (χ3n) is 2.40. The minimum absolute atomic E-state index is 0.234. The number of aromatic nitrogens is 2. The lowest BCUT2D eigenvalue weighted by Gasteiger charge is -2.09. The second kappa shape index (κ2) is 4.13. The van der Waals surface area contributed by atoms with Crippen LogP contribution < -0.4 is 5.32 Å². The summed E-state index contributed by atoms with van der Waals surface area (Å²) in [6.07, 6.45) is 4.29. The van der Waals surface area contributed by atoms with Gasteiger partial charge in [-0.05, 0) is 37.3 Å². The smallest absolute Gasteiger partial charge is 0.148 e. The minimum Gasteiger partial charge on any atom is -0.367 e. The summed E-state index contributed by atoms with van der Waals surface area (Å²) >= 11 is 6.16. The van der Waals surface area contributed by atoms with Crippen LogP contribution in [-0.2, 0) is 0 Å². The maximum absolute atomic E-state index is 6.16. The molecule has 4 heteroatoms. The molecule has 0 bridgehead atoms. The van der Waals surface area contributed by atoms with Gasteiger partial charge in [-0.2, -0.15) is 5.10 Å². The van der Waals surface area contributed by atoms with Crippen LogP contribution in [0.4, 0.5) is 5.82 Å². The normalized spacial score (nSPS) is 17.9. The SMILES string of the molecule is Cc1cnnc(NCC(Cl)C2CC2)c1. The van der Waals surface area contributed by atoms with E-state index < -0.39 is 0 Å². The van der Waals surface area contributed by atoms with E-state index in [4.69, 9.17) is 11.6 Å². The number of rotatable bonds is 4. The van der Waals surface area contributed by atoms with Gasteiger partial charge in [0, 0.05) is 6.54 Å². The van der Waals surface area contributed by atoms with Crippen molar-refractivity contribution in [3.63, 3.8) is 0 Å². The van der Waals surface area contributed by atoms with Gasteiger partial charge in [0.25, 0.3) is 0 Å². The summed E-state index contributed by atoms with van der Waals surface area (Å²) < 4.78 is 0. The zero-order valence-electron chi connectivity index (χ0n) is 8.20. The Bertz CT molecular complexity index is 312. The van der Waals surface area contributed by atoms with Crippen LogP contribution >= 0.6 is 11.6 Å². The Morgan fingerprint density at radius 2 is 2.43 bits per heavy atom. The molecular formula is C10H14ClN3. The zero-order valence-corrected chi connectivity index (χ0v) is 8.96. The van der Waals surface area contributed by atoms with Crippen LogP contribution in [0.1, 0.15) is 18.4 Å². The molecule has 1 fully saturated rings. The molecule has 0 aromatic carbocycles. The van der Waals surface area contributed by atoms with Crippen LogP contribution in [0, 0.1) is 12.8 Å². The number of nitrogens with zero attached hydrogens (tertiary/aromatic N) is 2. The van der Waals surface area contributed by atoms with Gasteiger partial charge in [0.2, 0.25) is 0 Å². The van der Waals surface area contributed by atoms with E-state index in [-0.39, 0.29) is 5.38 Å². The van der Waals surface area contributed by atoms with Gasteiger partial charge in [0.1, 0.15) is 5.82 Å². The highest BCUT2D eigenvalue weighted by atomic mass is 35.5. The summed E-state index contributed by atoms with van der Waals surface area (Å²) in [5.41, 5.74) is 1.11. The molecule has 0 radical (unpaired) electrons. The van der Waals surface area contributed by atoms with E-state index in [1.54, 1.807) is 6.20 Å². The van der Waals surface area contributed by atoms with E-state index in [0.29, 0.717) is 5.92 Å². The van der Waals surface area contributed by atoms with Crippen molar-refractivity contribution in [2.45, 2.75) is 25.1 Å². The van der Waals surface area contributed by atoms with E-state index in [1.165, 1.54) is 12.8 Å². The molecule has 0 saturated heterocycles. The van der Waals surface area contributed by atoms with Crippen molar-refractivity contribution in [2.24, 2.45) is 5.92 Å². The third kappa shape index (κ3) is 2.58. The molecule has 76 valence electrons. The maximum atomic E-state index is 6.16. The molecule has 2 rings (SSSR count). The Morgan fingerprint density at radius 3 is 3.07 bits per heavy atom. The highest BCUT2D eigenvalue weighted by Crippen LogP contribution is 2.35. The molecule has 0 amide bonds. The Hall–Kier alpha value is -0.830.